The first-order chi connectivity index (χ1) is 15.6. The molecule has 0 aliphatic rings. The molecule has 3 N–H and O–H groups in total. The fourth-order valence-corrected chi connectivity index (χ4v) is 4.85. The van der Waals surface area contributed by atoms with Crippen molar-refractivity contribution in [1.29, 1.82) is 0 Å². The zero-order valence-electron chi connectivity index (χ0n) is 16.9. The number of hydrogen-bond donors (Lipinski definition) is 2. The number of hydrogen-bond acceptors (Lipinski definition) is 4. The van der Waals surface area contributed by atoms with Crippen molar-refractivity contribution in [1.82, 2.24) is 4.98 Å². The SMILES string of the molecule is Nc1c(C(=O)Nc2cccc(Cl)c2)sc2nc(-c3ccccc3)cc(-c3ccccc3)c12. The number of fused-ring (bicyclic) bond motifs is 1. The number of pyridine rings is 1. The molecule has 0 aliphatic heterocycles. The van der Waals surface area contributed by atoms with Crippen molar-refractivity contribution in [3.63, 3.8) is 0 Å². The first kappa shape index (κ1) is 20.2. The van der Waals surface area contributed by atoms with Crippen LogP contribution in [0.5, 0.6) is 0 Å². The van der Waals surface area contributed by atoms with E-state index in [1.165, 1.54) is 11.3 Å². The number of nitrogens with zero attached hydrogens (tertiary/aromatic N) is 1. The molecule has 0 unspecified atom stereocenters. The zero-order valence-corrected chi connectivity index (χ0v) is 18.5. The molecule has 156 valence electrons. The van der Waals surface area contributed by atoms with Gasteiger partial charge in [0.15, 0.2) is 0 Å². The largest absolute Gasteiger partial charge is 0.397 e. The Morgan fingerprint density at radius 3 is 2.25 bits per heavy atom. The van der Waals surface area contributed by atoms with E-state index in [-0.39, 0.29) is 5.91 Å². The standard InChI is InChI=1S/C26H18ClN3OS/c27-18-12-7-13-19(14-18)29-25(31)24-23(28)22-20(16-8-3-1-4-9-16)15-21(30-26(22)32-24)17-10-5-2-6-11-17/h1-15H,28H2,(H,29,31). The fourth-order valence-electron chi connectivity index (χ4n) is 3.65. The third-order valence-electron chi connectivity index (χ3n) is 5.14. The second kappa shape index (κ2) is 8.46. The lowest BCUT2D eigenvalue weighted by molar-refractivity contribution is 0.103. The van der Waals surface area contributed by atoms with Crippen molar-refractivity contribution in [2.24, 2.45) is 0 Å². The van der Waals surface area contributed by atoms with E-state index in [0.29, 0.717) is 21.3 Å². The predicted molar refractivity (Wildman–Crippen MR) is 134 cm³/mol. The molecule has 0 aliphatic carbocycles. The maximum atomic E-state index is 13.1. The molecule has 2 heterocycles. The number of halogens is 1. The molecule has 5 aromatic rings. The lowest BCUT2D eigenvalue weighted by Crippen LogP contribution is -2.11. The molecular weight excluding hydrogens is 438 g/mol. The Kier molecular flexibility index (Phi) is 5.35. The van der Waals surface area contributed by atoms with Gasteiger partial charge in [0.05, 0.1) is 11.4 Å². The number of benzene rings is 3. The van der Waals surface area contributed by atoms with Gasteiger partial charge in [-0.25, -0.2) is 4.98 Å². The van der Waals surface area contributed by atoms with Crippen molar-refractivity contribution in [3.8, 4) is 22.4 Å². The van der Waals surface area contributed by atoms with Crippen molar-refractivity contribution in [3.05, 3.63) is 101 Å². The van der Waals surface area contributed by atoms with Gasteiger partial charge in [-0.05, 0) is 35.4 Å². The lowest BCUT2D eigenvalue weighted by Gasteiger charge is -2.09. The second-order valence-electron chi connectivity index (χ2n) is 7.28. The molecule has 6 heteroatoms. The molecule has 0 bridgehead atoms. The summed E-state index contributed by atoms with van der Waals surface area (Å²) in [6, 6.07) is 29.1. The fraction of sp³-hybridized carbons (Fsp3) is 0. The smallest absolute Gasteiger partial charge is 0.267 e. The molecule has 0 saturated heterocycles. The minimum absolute atomic E-state index is 0.284. The highest BCUT2D eigenvalue weighted by atomic mass is 35.5. The van der Waals surface area contributed by atoms with Gasteiger partial charge in [-0.15, -0.1) is 11.3 Å². The summed E-state index contributed by atoms with van der Waals surface area (Å²) < 4.78 is 0. The third-order valence-corrected chi connectivity index (χ3v) is 6.48. The van der Waals surface area contributed by atoms with Crippen LogP contribution in [-0.2, 0) is 0 Å². The molecular formula is C26H18ClN3OS. The molecule has 3 aromatic carbocycles. The summed E-state index contributed by atoms with van der Waals surface area (Å²) >= 11 is 7.34. The van der Waals surface area contributed by atoms with Crippen LogP contribution in [0.4, 0.5) is 11.4 Å². The Morgan fingerprint density at radius 2 is 1.56 bits per heavy atom. The number of aromatic nitrogens is 1. The van der Waals surface area contributed by atoms with Crippen LogP contribution in [0.1, 0.15) is 9.67 Å². The van der Waals surface area contributed by atoms with Crippen molar-refractivity contribution in [2.45, 2.75) is 0 Å². The normalized spacial score (nSPS) is 10.9. The van der Waals surface area contributed by atoms with Crippen LogP contribution in [0, 0.1) is 0 Å². The summed E-state index contributed by atoms with van der Waals surface area (Å²) in [6.45, 7) is 0. The average Bonchev–Trinajstić information content (AvgIpc) is 3.16. The topological polar surface area (TPSA) is 68.0 Å². The van der Waals surface area contributed by atoms with Crippen LogP contribution >= 0.6 is 22.9 Å². The highest BCUT2D eigenvalue weighted by molar-refractivity contribution is 7.21. The first-order valence-electron chi connectivity index (χ1n) is 10.0. The van der Waals surface area contributed by atoms with E-state index >= 15 is 0 Å². The number of amides is 1. The number of rotatable bonds is 4. The molecule has 0 spiro atoms. The maximum Gasteiger partial charge on any atom is 0.267 e. The number of thiophene rings is 1. The number of nitrogens with one attached hydrogen (secondary N) is 1. The summed E-state index contributed by atoms with van der Waals surface area (Å²) in [5, 5.41) is 4.22. The van der Waals surface area contributed by atoms with Gasteiger partial charge < -0.3 is 11.1 Å². The Bertz CT molecular complexity index is 1430. The molecule has 0 saturated carbocycles. The predicted octanol–water partition coefficient (Wildman–Crippen LogP) is 7.12. The lowest BCUT2D eigenvalue weighted by atomic mass is 9.99. The van der Waals surface area contributed by atoms with Crippen LogP contribution in [0.15, 0.2) is 91.0 Å². The first-order valence-corrected chi connectivity index (χ1v) is 11.2. The highest BCUT2D eigenvalue weighted by Crippen LogP contribution is 2.41. The van der Waals surface area contributed by atoms with Crippen molar-refractivity contribution < 1.29 is 4.79 Å². The molecule has 5 rings (SSSR count). The second-order valence-corrected chi connectivity index (χ2v) is 8.71. The van der Waals surface area contributed by atoms with Crippen molar-refractivity contribution >= 4 is 50.4 Å². The van der Waals surface area contributed by atoms with Crippen LogP contribution < -0.4 is 11.1 Å². The molecule has 2 aromatic heterocycles. The summed E-state index contributed by atoms with van der Waals surface area (Å²) in [5.41, 5.74) is 11.4. The van der Waals surface area contributed by atoms with Gasteiger partial charge in [0.1, 0.15) is 9.71 Å². The summed E-state index contributed by atoms with van der Waals surface area (Å²) in [5.74, 6) is -0.284. The number of nitrogen functional groups attached to an aromatic ring is 1. The Labute approximate surface area is 194 Å². The Balaban J connectivity index is 1.67. The van der Waals surface area contributed by atoms with Crippen molar-refractivity contribution in [2.75, 3.05) is 11.1 Å². The van der Waals surface area contributed by atoms with Gasteiger partial charge in [-0.1, -0.05) is 78.3 Å². The summed E-state index contributed by atoms with van der Waals surface area (Å²) in [7, 11) is 0. The van der Waals surface area contributed by atoms with Gasteiger partial charge in [0.2, 0.25) is 0 Å². The molecule has 0 atom stereocenters. The molecule has 0 fully saturated rings. The van der Waals surface area contributed by atoms with Crippen LogP contribution in [-0.4, -0.2) is 10.9 Å². The van der Waals surface area contributed by atoms with Gasteiger partial charge in [0, 0.05) is 21.7 Å². The minimum Gasteiger partial charge on any atom is -0.397 e. The van der Waals surface area contributed by atoms with Gasteiger partial charge in [-0.2, -0.15) is 0 Å². The van der Waals surface area contributed by atoms with Crippen LogP contribution in [0.3, 0.4) is 0 Å². The van der Waals surface area contributed by atoms with E-state index < -0.39 is 0 Å². The number of nitrogens with two attached hydrogens (primary N) is 1. The quantitative estimate of drug-likeness (QED) is 0.303. The minimum atomic E-state index is -0.284. The van der Waals surface area contributed by atoms with E-state index in [0.717, 1.165) is 32.6 Å². The molecule has 32 heavy (non-hydrogen) atoms. The van der Waals surface area contributed by atoms with Gasteiger partial charge >= 0.3 is 0 Å². The summed E-state index contributed by atoms with van der Waals surface area (Å²) in [6.07, 6.45) is 0. The number of carbonyl (C=O) groups excluding carboxylic acids is 1. The Hall–Kier alpha value is -3.67. The third kappa shape index (κ3) is 3.84. The van der Waals surface area contributed by atoms with E-state index in [4.69, 9.17) is 22.3 Å². The molecule has 1 amide bonds. The monoisotopic (exact) mass is 455 g/mol. The van der Waals surface area contributed by atoms with Gasteiger partial charge in [0.25, 0.3) is 5.91 Å². The van der Waals surface area contributed by atoms with E-state index in [2.05, 4.69) is 5.32 Å². The zero-order chi connectivity index (χ0) is 22.1. The maximum absolute atomic E-state index is 13.1. The van der Waals surface area contributed by atoms with E-state index in [9.17, 15) is 4.79 Å². The summed E-state index contributed by atoms with van der Waals surface area (Å²) in [4.78, 5) is 19.1. The van der Waals surface area contributed by atoms with E-state index in [1.807, 2.05) is 66.7 Å². The van der Waals surface area contributed by atoms with Crippen LogP contribution in [0.25, 0.3) is 32.6 Å². The average molecular weight is 456 g/mol. The number of anilines is 2. The van der Waals surface area contributed by atoms with Crippen LogP contribution in [0.2, 0.25) is 5.02 Å². The molecule has 0 radical (unpaired) electrons. The van der Waals surface area contributed by atoms with E-state index in [1.54, 1.807) is 24.3 Å². The van der Waals surface area contributed by atoms with Gasteiger partial charge in [-0.3, -0.25) is 4.79 Å². The highest BCUT2D eigenvalue weighted by Gasteiger charge is 2.21. The molecule has 4 nitrogen and oxygen atoms in total. The Morgan fingerprint density at radius 1 is 0.875 bits per heavy atom. The number of carbonyl (C=O) groups is 1.